The average molecular weight is 316 g/mol. The molecule has 0 spiro atoms. The molecule has 0 aliphatic heterocycles. The minimum Gasteiger partial charge on any atom is -0.480 e. The van der Waals surface area contributed by atoms with Gasteiger partial charge in [0.15, 0.2) is 6.04 Å². The fraction of sp³-hybridized carbons (Fsp3) is 0.286. The first-order valence-electron chi connectivity index (χ1n) is 6.08. The minimum atomic E-state index is -1.21. The molecule has 1 aromatic carbocycles. The Kier molecular flexibility index (Phi) is 6.84. The Balaban J connectivity index is 2.60. The number of ether oxygens (including phenoxy) is 1. The smallest absolute Gasteiger partial charge is 0.328 e. The zero-order valence-electron chi connectivity index (χ0n) is 11.1. The summed E-state index contributed by atoms with van der Waals surface area (Å²) in [7, 11) is 0. The quantitative estimate of drug-likeness (QED) is 0.566. The van der Waals surface area contributed by atoms with Crippen molar-refractivity contribution in [2.45, 2.75) is 12.5 Å². The largest absolute Gasteiger partial charge is 0.480 e. The monoisotopic (exact) mass is 315 g/mol. The number of hydrogen-bond donors (Lipinski definition) is 2. The van der Waals surface area contributed by atoms with Crippen molar-refractivity contribution in [3.05, 3.63) is 47.3 Å². The molecule has 114 valence electrons. The fourth-order valence-electron chi connectivity index (χ4n) is 1.53. The molecule has 0 saturated heterocycles. The van der Waals surface area contributed by atoms with Crippen molar-refractivity contribution in [1.29, 1.82) is 0 Å². The van der Waals surface area contributed by atoms with Crippen LogP contribution in [0, 0.1) is 5.82 Å². The van der Waals surface area contributed by atoms with E-state index in [4.69, 9.17) is 21.4 Å². The summed E-state index contributed by atoms with van der Waals surface area (Å²) < 4.78 is 17.9. The highest BCUT2D eigenvalue weighted by Crippen LogP contribution is 2.17. The van der Waals surface area contributed by atoms with Gasteiger partial charge in [-0.1, -0.05) is 23.7 Å². The highest BCUT2D eigenvalue weighted by Gasteiger charge is 2.20. The second-order valence-corrected chi connectivity index (χ2v) is 4.60. The number of carboxylic acids is 1. The standard InChI is InChI=1S/C14H15ClFNO4/c1-2-5-21-8-12(14(19)20)17-13(18)6-9-3-4-10(16)7-11(9)15/h2-4,7,12H,1,5-6,8H2,(H,17,18)(H,19,20). The van der Waals surface area contributed by atoms with E-state index in [2.05, 4.69) is 11.9 Å². The van der Waals surface area contributed by atoms with Crippen LogP contribution in [0.1, 0.15) is 5.56 Å². The van der Waals surface area contributed by atoms with Crippen LogP contribution in [0.25, 0.3) is 0 Å². The Morgan fingerprint density at radius 2 is 2.24 bits per heavy atom. The summed E-state index contributed by atoms with van der Waals surface area (Å²) in [5.74, 6) is -2.26. The fourth-order valence-corrected chi connectivity index (χ4v) is 1.76. The SMILES string of the molecule is C=CCOCC(NC(=O)Cc1ccc(F)cc1Cl)C(=O)O. The van der Waals surface area contributed by atoms with E-state index in [1.807, 2.05) is 0 Å². The van der Waals surface area contributed by atoms with Gasteiger partial charge in [-0.25, -0.2) is 9.18 Å². The number of carbonyl (C=O) groups is 2. The molecule has 1 amide bonds. The van der Waals surface area contributed by atoms with Crippen LogP contribution < -0.4 is 5.32 Å². The van der Waals surface area contributed by atoms with Gasteiger partial charge in [0.1, 0.15) is 5.82 Å². The van der Waals surface area contributed by atoms with E-state index < -0.39 is 23.7 Å². The first-order chi connectivity index (χ1) is 9.93. The molecule has 2 N–H and O–H groups in total. The normalized spacial score (nSPS) is 11.7. The molecule has 0 saturated carbocycles. The summed E-state index contributed by atoms with van der Waals surface area (Å²) in [4.78, 5) is 22.8. The highest BCUT2D eigenvalue weighted by molar-refractivity contribution is 6.31. The number of aliphatic carboxylic acids is 1. The predicted octanol–water partition coefficient (Wildman–Crippen LogP) is 1.79. The Morgan fingerprint density at radius 1 is 1.52 bits per heavy atom. The summed E-state index contributed by atoms with van der Waals surface area (Å²) >= 11 is 5.80. The zero-order chi connectivity index (χ0) is 15.8. The second-order valence-electron chi connectivity index (χ2n) is 4.20. The number of rotatable bonds is 8. The number of carboxylic acid groups (broad SMARTS) is 1. The summed E-state index contributed by atoms with van der Waals surface area (Å²) in [6.45, 7) is 3.44. The van der Waals surface area contributed by atoms with Crippen LogP contribution in [0.15, 0.2) is 30.9 Å². The van der Waals surface area contributed by atoms with Crippen LogP contribution >= 0.6 is 11.6 Å². The molecule has 0 aliphatic carbocycles. The molecular formula is C14H15ClFNO4. The maximum atomic E-state index is 12.9. The Bertz CT molecular complexity index is 536. The van der Waals surface area contributed by atoms with Crippen molar-refractivity contribution in [3.63, 3.8) is 0 Å². The van der Waals surface area contributed by atoms with Crippen molar-refractivity contribution in [1.82, 2.24) is 5.32 Å². The lowest BCUT2D eigenvalue weighted by Crippen LogP contribution is -2.44. The van der Waals surface area contributed by atoms with E-state index in [1.165, 1.54) is 18.2 Å². The number of halogens is 2. The van der Waals surface area contributed by atoms with Crippen molar-refractivity contribution in [2.75, 3.05) is 13.2 Å². The lowest BCUT2D eigenvalue weighted by molar-refractivity contribution is -0.143. The first-order valence-corrected chi connectivity index (χ1v) is 6.46. The molecule has 0 fully saturated rings. The molecule has 5 nitrogen and oxygen atoms in total. The van der Waals surface area contributed by atoms with Crippen LogP contribution in [0.3, 0.4) is 0 Å². The van der Waals surface area contributed by atoms with Crippen LogP contribution in [0.4, 0.5) is 4.39 Å². The van der Waals surface area contributed by atoms with Gasteiger partial charge >= 0.3 is 5.97 Å². The van der Waals surface area contributed by atoms with Gasteiger partial charge in [-0.2, -0.15) is 0 Å². The third-order valence-electron chi connectivity index (χ3n) is 2.52. The van der Waals surface area contributed by atoms with Gasteiger partial charge in [0.2, 0.25) is 5.91 Å². The lowest BCUT2D eigenvalue weighted by Gasteiger charge is -2.14. The molecule has 0 radical (unpaired) electrons. The second kappa shape index (κ2) is 8.39. The van der Waals surface area contributed by atoms with Crippen molar-refractivity contribution >= 4 is 23.5 Å². The van der Waals surface area contributed by atoms with Crippen LogP contribution in [0.5, 0.6) is 0 Å². The van der Waals surface area contributed by atoms with Gasteiger partial charge in [-0.3, -0.25) is 4.79 Å². The molecule has 7 heteroatoms. The molecule has 0 aromatic heterocycles. The molecule has 1 rings (SSSR count). The van der Waals surface area contributed by atoms with Gasteiger partial charge in [0.05, 0.1) is 19.6 Å². The molecule has 21 heavy (non-hydrogen) atoms. The maximum Gasteiger partial charge on any atom is 0.328 e. The number of nitrogens with one attached hydrogen (secondary N) is 1. The summed E-state index contributed by atoms with van der Waals surface area (Å²) in [6, 6.07) is 2.47. The molecule has 0 aliphatic rings. The average Bonchev–Trinajstić information content (AvgIpc) is 2.41. The molecule has 0 bridgehead atoms. The lowest BCUT2D eigenvalue weighted by atomic mass is 10.1. The van der Waals surface area contributed by atoms with E-state index >= 15 is 0 Å². The summed E-state index contributed by atoms with van der Waals surface area (Å²) in [6.07, 6.45) is 1.32. The minimum absolute atomic E-state index is 0.111. The first kappa shape index (κ1) is 17.1. The third kappa shape index (κ3) is 5.93. The van der Waals surface area contributed by atoms with E-state index in [1.54, 1.807) is 0 Å². The van der Waals surface area contributed by atoms with Crippen LogP contribution in [-0.4, -0.2) is 36.2 Å². The Morgan fingerprint density at radius 3 is 2.81 bits per heavy atom. The van der Waals surface area contributed by atoms with Gasteiger partial charge < -0.3 is 15.2 Å². The van der Waals surface area contributed by atoms with Gasteiger partial charge in [0.25, 0.3) is 0 Å². The van der Waals surface area contributed by atoms with Crippen molar-refractivity contribution < 1.29 is 23.8 Å². The third-order valence-corrected chi connectivity index (χ3v) is 2.87. The molecule has 0 heterocycles. The maximum absolute atomic E-state index is 12.9. The predicted molar refractivity (Wildman–Crippen MR) is 75.7 cm³/mol. The van der Waals surface area contributed by atoms with E-state index in [0.717, 1.165) is 6.07 Å². The van der Waals surface area contributed by atoms with Crippen molar-refractivity contribution in [2.24, 2.45) is 0 Å². The number of benzene rings is 1. The highest BCUT2D eigenvalue weighted by atomic mass is 35.5. The number of hydrogen-bond acceptors (Lipinski definition) is 3. The van der Waals surface area contributed by atoms with Crippen LogP contribution in [0.2, 0.25) is 5.02 Å². The van der Waals surface area contributed by atoms with E-state index in [9.17, 15) is 14.0 Å². The molecule has 1 aromatic rings. The van der Waals surface area contributed by atoms with Crippen molar-refractivity contribution in [3.8, 4) is 0 Å². The van der Waals surface area contributed by atoms with E-state index in [0.29, 0.717) is 5.56 Å². The number of carbonyl (C=O) groups excluding carboxylic acids is 1. The Labute approximate surface area is 126 Å². The molecule has 1 unspecified atom stereocenters. The molecule has 1 atom stereocenters. The summed E-state index contributed by atoms with van der Waals surface area (Å²) in [5.41, 5.74) is 0.409. The van der Waals surface area contributed by atoms with E-state index in [-0.39, 0.29) is 24.7 Å². The Hall–Kier alpha value is -1.92. The topological polar surface area (TPSA) is 75.6 Å². The van der Waals surface area contributed by atoms with Gasteiger partial charge in [0, 0.05) is 5.02 Å². The number of amides is 1. The summed E-state index contributed by atoms with van der Waals surface area (Å²) in [5, 5.41) is 11.4. The molecular weight excluding hydrogens is 301 g/mol. The van der Waals surface area contributed by atoms with Crippen LogP contribution in [-0.2, 0) is 20.7 Å². The van der Waals surface area contributed by atoms with Gasteiger partial charge in [-0.15, -0.1) is 6.58 Å². The van der Waals surface area contributed by atoms with Gasteiger partial charge in [-0.05, 0) is 17.7 Å². The zero-order valence-corrected chi connectivity index (χ0v) is 11.9.